The lowest BCUT2D eigenvalue weighted by atomic mass is 9.99. The molecule has 3 rings (SSSR count). The van der Waals surface area contributed by atoms with Crippen LogP contribution in [0, 0.1) is 13.8 Å². The summed E-state index contributed by atoms with van der Waals surface area (Å²) in [6.45, 7) is 6.04. The van der Waals surface area contributed by atoms with Crippen LogP contribution < -0.4 is 10.5 Å². The lowest BCUT2D eigenvalue weighted by Gasteiger charge is -2.40. The summed E-state index contributed by atoms with van der Waals surface area (Å²) < 4.78 is 6.13. The van der Waals surface area contributed by atoms with E-state index in [1.807, 2.05) is 58.3 Å². The van der Waals surface area contributed by atoms with Crippen LogP contribution in [0.1, 0.15) is 34.8 Å². The van der Waals surface area contributed by atoms with Crippen LogP contribution in [0.3, 0.4) is 0 Å². The number of ether oxygens (including phenoxy) is 1. The second kappa shape index (κ2) is 8.05. The zero-order valence-corrected chi connectivity index (χ0v) is 17.8. The van der Waals surface area contributed by atoms with Crippen LogP contribution in [0.25, 0.3) is 0 Å². The summed E-state index contributed by atoms with van der Waals surface area (Å²) in [6, 6.07) is 12.7. The average molecular weight is 398 g/mol. The Morgan fingerprint density at radius 2 is 1.97 bits per heavy atom. The van der Waals surface area contributed by atoms with Gasteiger partial charge in [-0.15, -0.1) is 0 Å². The standard InChI is InChI=1S/C23H31N3O3/c1-15-9-10-16(2)20(11-15)22(27)26-14-19(13-21(26)23(3,28)25(4)5)29-18-8-6-7-17(24)12-18/h6-12,19,21,28H,13-14,24H2,1-5H3/t19-,21?,23+/m0/s1. The van der Waals surface area contributed by atoms with Crippen LogP contribution in [0.15, 0.2) is 42.5 Å². The summed E-state index contributed by atoms with van der Waals surface area (Å²) in [4.78, 5) is 17.0. The van der Waals surface area contributed by atoms with Gasteiger partial charge in [0.25, 0.3) is 5.91 Å². The van der Waals surface area contributed by atoms with Gasteiger partial charge in [0.05, 0.1) is 12.6 Å². The first-order valence-corrected chi connectivity index (χ1v) is 9.90. The quantitative estimate of drug-likeness (QED) is 0.599. The summed E-state index contributed by atoms with van der Waals surface area (Å²) in [5.74, 6) is 0.580. The van der Waals surface area contributed by atoms with Crippen molar-refractivity contribution < 1.29 is 14.6 Å². The molecule has 6 nitrogen and oxygen atoms in total. The molecule has 156 valence electrons. The molecule has 0 aliphatic carbocycles. The zero-order valence-electron chi connectivity index (χ0n) is 17.8. The van der Waals surface area contributed by atoms with Crippen molar-refractivity contribution in [1.82, 2.24) is 9.80 Å². The van der Waals surface area contributed by atoms with E-state index >= 15 is 0 Å². The van der Waals surface area contributed by atoms with Crippen LogP contribution in [-0.2, 0) is 0 Å². The molecule has 0 aromatic heterocycles. The lowest BCUT2D eigenvalue weighted by Crippen LogP contribution is -2.57. The number of nitrogens with zero attached hydrogens (tertiary/aromatic N) is 2. The molecule has 1 aliphatic rings. The number of aliphatic hydroxyl groups is 1. The monoisotopic (exact) mass is 397 g/mol. The van der Waals surface area contributed by atoms with Gasteiger partial charge in [-0.25, -0.2) is 0 Å². The van der Waals surface area contributed by atoms with Gasteiger partial charge in [-0.05, 0) is 58.6 Å². The minimum absolute atomic E-state index is 0.0861. The fraction of sp³-hybridized carbons (Fsp3) is 0.435. The Morgan fingerprint density at radius 3 is 2.62 bits per heavy atom. The van der Waals surface area contributed by atoms with E-state index < -0.39 is 11.8 Å². The Labute approximate surface area is 172 Å². The maximum Gasteiger partial charge on any atom is 0.254 e. The summed E-state index contributed by atoms with van der Waals surface area (Å²) in [7, 11) is 3.62. The van der Waals surface area contributed by atoms with Crippen molar-refractivity contribution in [2.24, 2.45) is 0 Å². The van der Waals surface area contributed by atoms with E-state index in [1.165, 1.54) is 0 Å². The van der Waals surface area contributed by atoms with E-state index in [9.17, 15) is 9.90 Å². The van der Waals surface area contributed by atoms with Gasteiger partial charge in [0, 0.05) is 23.7 Å². The zero-order chi connectivity index (χ0) is 21.3. The second-order valence-corrected chi connectivity index (χ2v) is 8.33. The van der Waals surface area contributed by atoms with Crippen LogP contribution in [0.2, 0.25) is 0 Å². The number of anilines is 1. The molecule has 1 heterocycles. The molecule has 2 aromatic rings. The van der Waals surface area contributed by atoms with Crippen molar-refractivity contribution in [3.8, 4) is 5.75 Å². The van der Waals surface area contributed by atoms with E-state index in [-0.39, 0.29) is 12.0 Å². The molecule has 0 saturated carbocycles. The van der Waals surface area contributed by atoms with Gasteiger partial charge < -0.3 is 20.5 Å². The Morgan fingerprint density at radius 1 is 1.24 bits per heavy atom. The summed E-state index contributed by atoms with van der Waals surface area (Å²) in [6.07, 6.45) is 0.290. The highest BCUT2D eigenvalue weighted by Crippen LogP contribution is 2.33. The van der Waals surface area contributed by atoms with E-state index in [4.69, 9.17) is 10.5 Å². The number of rotatable bonds is 5. The van der Waals surface area contributed by atoms with Crippen LogP contribution in [-0.4, -0.2) is 59.3 Å². The summed E-state index contributed by atoms with van der Waals surface area (Å²) in [5.41, 5.74) is 7.90. The van der Waals surface area contributed by atoms with Crippen molar-refractivity contribution in [3.63, 3.8) is 0 Å². The third-order valence-electron chi connectivity index (χ3n) is 5.84. The minimum Gasteiger partial charge on any atom is -0.488 e. The summed E-state index contributed by atoms with van der Waals surface area (Å²) >= 11 is 0. The predicted molar refractivity (Wildman–Crippen MR) is 115 cm³/mol. The molecule has 3 atom stereocenters. The van der Waals surface area contributed by atoms with Gasteiger partial charge in [-0.1, -0.05) is 23.8 Å². The van der Waals surface area contributed by atoms with Crippen LogP contribution >= 0.6 is 0 Å². The first kappa shape index (κ1) is 21.1. The number of carbonyl (C=O) groups is 1. The second-order valence-electron chi connectivity index (χ2n) is 8.33. The third kappa shape index (κ3) is 4.38. The van der Waals surface area contributed by atoms with Crippen molar-refractivity contribution >= 4 is 11.6 Å². The number of amides is 1. The topological polar surface area (TPSA) is 79.0 Å². The van der Waals surface area contributed by atoms with Gasteiger partial charge in [-0.3, -0.25) is 9.69 Å². The molecular weight excluding hydrogens is 366 g/mol. The number of nitrogen functional groups attached to an aromatic ring is 1. The van der Waals surface area contributed by atoms with E-state index in [0.717, 1.165) is 11.1 Å². The molecule has 0 radical (unpaired) electrons. The maximum absolute atomic E-state index is 13.5. The molecule has 1 aliphatic heterocycles. The molecule has 1 saturated heterocycles. The largest absolute Gasteiger partial charge is 0.488 e. The fourth-order valence-corrected chi connectivity index (χ4v) is 3.83. The minimum atomic E-state index is -1.19. The van der Waals surface area contributed by atoms with Gasteiger partial charge in [-0.2, -0.15) is 0 Å². The van der Waals surface area contributed by atoms with Crippen LogP contribution in [0.5, 0.6) is 5.75 Å². The van der Waals surface area contributed by atoms with Gasteiger partial charge in [0.15, 0.2) is 0 Å². The first-order chi connectivity index (χ1) is 13.6. The Bertz CT molecular complexity index is 895. The molecule has 1 fully saturated rings. The number of hydrogen-bond donors (Lipinski definition) is 2. The lowest BCUT2D eigenvalue weighted by molar-refractivity contribution is -0.111. The maximum atomic E-state index is 13.5. The number of benzene rings is 2. The highest BCUT2D eigenvalue weighted by atomic mass is 16.5. The van der Waals surface area contributed by atoms with Gasteiger partial charge >= 0.3 is 0 Å². The smallest absolute Gasteiger partial charge is 0.254 e. The molecule has 1 unspecified atom stereocenters. The number of carbonyl (C=O) groups excluding carboxylic acids is 1. The van der Waals surface area contributed by atoms with Gasteiger partial charge in [0.2, 0.25) is 0 Å². The molecule has 1 amide bonds. The van der Waals surface area contributed by atoms with Gasteiger partial charge in [0.1, 0.15) is 17.6 Å². The number of nitrogens with two attached hydrogens (primary N) is 1. The normalized spacial score (nSPS) is 21.3. The van der Waals surface area contributed by atoms with Crippen molar-refractivity contribution in [2.45, 2.75) is 45.1 Å². The average Bonchev–Trinajstić information content (AvgIpc) is 3.07. The van der Waals surface area contributed by atoms with Crippen molar-refractivity contribution in [1.29, 1.82) is 0 Å². The predicted octanol–water partition coefficient (Wildman–Crippen LogP) is 2.82. The Hall–Kier alpha value is -2.57. The molecule has 0 spiro atoms. The third-order valence-corrected chi connectivity index (χ3v) is 5.84. The molecule has 0 bridgehead atoms. The fourth-order valence-electron chi connectivity index (χ4n) is 3.83. The first-order valence-electron chi connectivity index (χ1n) is 9.90. The Kier molecular flexibility index (Phi) is 5.87. The summed E-state index contributed by atoms with van der Waals surface area (Å²) in [5, 5.41) is 11.2. The van der Waals surface area contributed by atoms with E-state index in [2.05, 4.69) is 0 Å². The van der Waals surface area contributed by atoms with Crippen molar-refractivity contribution in [2.75, 3.05) is 26.4 Å². The molecule has 3 N–H and O–H groups in total. The molecular formula is C23H31N3O3. The SMILES string of the molecule is Cc1ccc(C)c(C(=O)N2C[C@@H](Oc3cccc(N)c3)CC2[C@@](C)(O)N(C)C)c1. The van der Waals surface area contributed by atoms with Crippen LogP contribution in [0.4, 0.5) is 5.69 Å². The Balaban J connectivity index is 1.91. The highest BCUT2D eigenvalue weighted by molar-refractivity contribution is 5.96. The molecule has 6 heteroatoms. The van der Waals surface area contributed by atoms with Crippen molar-refractivity contribution in [3.05, 3.63) is 59.2 Å². The number of aryl methyl sites for hydroxylation is 2. The number of hydrogen-bond acceptors (Lipinski definition) is 5. The highest BCUT2D eigenvalue weighted by Gasteiger charge is 2.47. The van der Waals surface area contributed by atoms with E-state index in [0.29, 0.717) is 30.0 Å². The molecule has 29 heavy (non-hydrogen) atoms. The number of likely N-dealkylation sites (tertiary alicyclic amines) is 1. The molecule has 2 aromatic carbocycles. The van der Waals surface area contributed by atoms with E-state index in [1.54, 1.807) is 28.9 Å². The number of likely N-dealkylation sites (N-methyl/N-ethyl adjacent to an activating group) is 1.